The quantitative estimate of drug-likeness (QED) is 0.527. The van der Waals surface area contributed by atoms with Crippen molar-refractivity contribution in [1.82, 2.24) is 0 Å². The van der Waals surface area contributed by atoms with Crippen molar-refractivity contribution in [3.8, 4) is 11.1 Å². The van der Waals surface area contributed by atoms with Crippen LogP contribution in [0, 0.1) is 0 Å². The molecule has 2 aromatic rings. The first-order valence-corrected chi connectivity index (χ1v) is 7.34. The summed E-state index contributed by atoms with van der Waals surface area (Å²) in [5, 5.41) is -0.252. The molecular formula is C16H4Cl2O6. The van der Waals surface area contributed by atoms with Crippen LogP contribution in [0.15, 0.2) is 24.3 Å². The summed E-state index contributed by atoms with van der Waals surface area (Å²) >= 11 is 12.5. The normalized spacial score (nSPS) is 15.2. The number of fused-ring (bicyclic) bond motifs is 5. The Morgan fingerprint density at radius 3 is 1.29 bits per heavy atom. The van der Waals surface area contributed by atoms with Crippen LogP contribution in [0.25, 0.3) is 11.1 Å². The van der Waals surface area contributed by atoms with Gasteiger partial charge < -0.3 is 9.47 Å². The topological polar surface area (TPSA) is 86.7 Å². The molecule has 0 radical (unpaired) electrons. The highest BCUT2D eigenvalue weighted by Crippen LogP contribution is 2.41. The number of ether oxygens (including phenoxy) is 2. The molecule has 0 atom stereocenters. The van der Waals surface area contributed by atoms with Crippen molar-refractivity contribution < 1.29 is 28.7 Å². The molecule has 0 saturated heterocycles. The Morgan fingerprint density at radius 2 is 0.875 bits per heavy atom. The minimum absolute atomic E-state index is 0.126. The van der Waals surface area contributed by atoms with Gasteiger partial charge in [0.2, 0.25) is 0 Å². The first-order chi connectivity index (χ1) is 11.4. The Labute approximate surface area is 143 Å². The Hall–Kier alpha value is -2.70. The van der Waals surface area contributed by atoms with Crippen molar-refractivity contribution in [3.05, 3.63) is 56.6 Å². The fraction of sp³-hybridized carbons (Fsp3) is 0. The van der Waals surface area contributed by atoms with Gasteiger partial charge in [0.25, 0.3) is 0 Å². The van der Waals surface area contributed by atoms with Gasteiger partial charge in [-0.25, -0.2) is 19.2 Å². The molecule has 24 heavy (non-hydrogen) atoms. The predicted octanol–water partition coefficient (Wildman–Crippen LogP) is 3.28. The Balaban J connectivity index is 2.28. The highest BCUT2D eigenvalue weighted by Gasteiger charge is 2.36. The van der Waals surface area contributed by atoms with Gasteiger partial charge in [0.05, 0.1) is 32.3 Å². The minimum atomic E-state index is -1.13. The fourth-order valence-corrected chi connectivity index (χ4v) is 3.38. The summed E-state index contributed by atoms with van der Waals surface area (Å²) in [4.78, 5) is 49.1. The lowest BCUT2D eigenvalue weighted by atomic mass is 9.96. The number of hydrogen-bond acceptors (Lipinski definition) is 6. The minimum Gasteiger partial charge on any atom is -0.386 e. The molecule has 6 nitrogen and oxygen atoms in total. The number of carbonyl (C=O) groups is 4. The highest BCUT2D eigenvalue weighted by atomic mass is 35.5. The SMILES string of the molecule is O=C1OC(=O)c2ccc3c(Cl)c2C(=O)OC(=O)c2c1ccc-3c2Cl. The molecule has 0 aliphatic carbocycles. The summed E-state index contributed by atoms with van der Waals surface area (Å²) < 4.78 is 9.51. The first-order valence-electron chi connectivity index (χ1n) is 6.58. The van der Waals surface area contributed by atoms with Crippen LogP contribution in [0.4, 0.5) is 0 Å². The summed E-state index contributed by atoms with van der Waals surface area (Å²) in [6.07, 6.45) is 0. The number of rotatable bonds is 0. The van der Waals surface area contributed by atoms with Crippen LogP contribution >= 0.6 is 23.2 Å². The summed E-state index contributed by atoms with van der Waals surface area (Å²) in [6.45, 7) is 0. The smallest absolute Gasteiger partial charge is 0.348 e. The van der Waals surface area contributed by atoms with Crippen LogP contribution in [0.5, 0.6) is 0 Å². The maximum Gasteiger partial charge on any atom is 0.348 e. The van der Waals surface area contributed by atoms with Crippen LogP contribution in [-0.4, -0.2) is 23.9 Å². The average molecular weight is 363 g/mol. The zero-order chi connectivity index (χ0) is 17.2. The van der Waals surface area contributed by atoms with E-state index in [9.17, 15) is 19.2 Å². The van der Waals surface area contributed by atoms with Gasteiger partial charge >= 0.3 is 23.9 Å². The summed E-state index contributed by atoms with van der Waals surface area (Å²) in [5.74, 6) is -4.42. The van der Waals surface area contributed by atoms with Crippen molar-refractivity contribution in [1.29, 1.82) is 0 Å². The molecule has 8 heteroatoms. The fourth-order valence-electron chi connectivity index (χ4n) is 2.69. The molecule has 0 aromatic heterocycles. The van der Waals surface area contributed by atoms with E-state index in [0.717, 1.165) is 0 Å². The molecule has 2 aromatic carbocycles. The molecule has 0 amide bonds. The monoisotopic (exact) mass is 362 g/mol. The molecule has 0 unspecified atom stereocenters. The van der Waals surface area contributed by atoms with Gasteiger partial charge in [0.1, 0.15) is 0 Å². The highest BCUT2D eigenvalue weighted by molar-refractivity contribution is 6.41. The number of carbonyl (C=O) groups excluding carboxylic acids is 4. The summed E-state index contributed by atoms with van der Waals surface area (Å²) in [5.41, 5.74) is -0.637. The first kappa shape index (κ1) is 14.9. The number of hydrogen-bond donors (Lipinski definition) is 0. The van der Waals surface area contributed by atoms with Crippen molar-refractivity contribution in [2.45, 2.75) is 0 Å². The van der Waals surface area contributed by atoms with Gasteiger partial charge in [-0.2, -0.15) is 0 Å². The van der Waals surface area contributed by atoms with E-state index >= 15 is 0 Å². The van der Waals surface area contributed by atoms with Crippen LogP contribution < -0.4 is 0 Å². The summed E-state index contributed by atoms with van der Waals surface area (Å²) in [7, 11) is 0. The Kier molecular flexibility index (Phi) is 3.03. The lowest BCUT2D eigenvalue weighted by molar-refractivity contribution is 0.0334. The molecule has 4 bridgehead atoms. The number of halogens is 2. The van der Waals surface area contributed by atoms with Gasteiger partial charge in [-0.3, -0.25) is 0 Å². The second-order valence-corrected chi connectivity index (χ2v) is 5.81. The van der Waals surface area contributed by atoms with Gasteiger partial charge in [-0.15, -0.1) is 0 Å². The third-order valence-electron chi connectivity index (χ3n) is 3.79. The van der Waals surface area contributed by atoms with Crippen LogP contribution in [0.2, 0.25) is 10.0 Å². The Morgan fingerprint density at radius 1 is 0.542 bits per heavy atom. The van der Waals surface area contributed by atoms with E-state index in [1.54, 1.807) is 0 Å². The second kappa shape index (κ2) is 4.90. The van der Waals surface area contributed by atoms with Crippen molar-refractivity contribution in [3.63, 3.8) is 0 Å². The predicted molar refractivity (Wildman–Crippen MR) is 81.4 cm³/mol. The van der Waals surface area contributed by atoms with Gasteiger partial charge in [-0.05, 0) is 12.1 Å². The van der Waals surface area contributed by atoms with E-state index in [1.807, 2.05) is 0 Å². The lowest BCUT2D eigenvalue weighted by Crippen LogP contribution is -2.24. The van der Waals surface area contributed by atoms with E-state index in [1.165, 1.54) is 24.3 Å². The molecule has 118 valence electrons. The maximum absolute atomic E-state index is 12.3. The molecule has 0 spiro atoms. The van der Waals surface area contributed by atoms with Gasteiger partial charge in [0.15, 0.2) is 0 Å². The molecule has 2 aliphatic heterocycles. The summed E-state index contributed by atoms with van der Waals surface area (Å²) in [6, 6.07) is 5.42. The van der Waals surface area contributed by atoms with Gasteiger partial charge in [-0.1, -0.05) is 35.3 Å². The van der Waals surface area contributed by atoms with Crippen molar-refractivity contribution in [2.75, 3.05) is 0 Å². The third-order valence-corrected chi connectivity index (χ3v) is 4.58. The molecule has 0 N–H and O–H groups in total. The van der Waals surface area contributed by atoms with Crippen LogP contribution in [-0.2, 0) is 9.47 Å². The third kappa shape index (κ3) is 1.84. The lowest BCUT2D eigenvalue weighted by Gasteiger charge is -2.12. The zero-order valence-corrected chi connectivity index (χ0v) is 13.0. The van der Waals surface area contributed by atoms with Crippen LogP contribution in [0.3, 0.4) is 0 Å². The largest absolute Gasteiger partial charge is 0.386 e. The molecule has 0 saturated carbocycles. The zero-order valence-electron chi connectivity index (χ0n) is 11.5. The molecule has 2 heterocycles. The molecule has 2 aliphatic rings. The van der Waals surface area contributed by atoms with Gasteiger partial charge in [0, 0.05) is 11.1 Å². The molecule has 4 rings (SSSR count). The van der Waals surface area contributed by atoms with E-state index in [-0.39, 0.29) is 32.3 Å². The molecule has 0 fully saturated rings. The van der Waals surface area contributed by atoms with Crippen molar-refractivity contribution in [2.24, 2.45) is 0 Å². The second-order valence-electron chi connectivity index (χ2n) is 5.05. The maximum atomic E-state index is 12.3. The van der Waals surface area contributed by atoms with E-state index < -0.39 is 23.9 Å². The van der Waals surface area contributed by atoms with E-state index in [4.69, 9.17) is 32.7 Å². The number of esters is 4. The number of benzene rings is 2. The molecular weight excluding hydrogens is 359 g/mol. The Bertz CT molecular complexity index is 929. The van der Waals surface area contributed by atoms with E-state index in [2.05, 4.69) is 0 Å². The van der Waals surface area contributed by atoms with E-state index in [0.29, 0.717) is 11.1 Å². The number of cyclic esters (lactones) is 2. The average Bonchev–Trinajstić information content (AvgIpc) is 2.56. The standard InChI is InChI=1S/C16H4Cl2O6/c17-11-5-1-3-7-9(11)15(21)24-16(22)10-8(14(20)23-13(7)19)4-2-6(5)12(10)18/h1-4H. The van der Waals surface area contributed by atoms with Crippen molar-refractivity contribution >= 4 is 47.1 Å². The van der Waals surface area contributed by atoms with Crippen LogP contribution in [0.1, 0.15) is 41.4 Å².